The van der Waals surface area contributed by atoms with Crippen LogP contribution < -0.4 is 5.32 Å². The van der Waals surface area contributed by atoms with Crippen LogP contribution in [0.1, 0.15) is 35.8 Å². The van der Waals surface area contributed by atoms with Crippen LogP contribution in [0.3, 0.4) is 0 Å². The quantitative estimate of drug-likeness (QED) is 0.476. The van der Waals surface area contributed by atoms with Crippen molar-refractivity contribution in [3.05, 3.63) is 71.8 Å². The van der Waals surface area contributed by atoms with Gasteiger partial charge in [0.1, 0.15) is 0 Å². The molecule has 2 aliphatic heterocycles. The summed E-state index contributed by atoms with van der Waals surface area (Å²) in [7, 11) is 0. The van der Waals surface area contributed by atoms with Gasteiger partial charge in [0, 0.05) is 25.0 Å². The van der Waals surface area contributed by atoms with Crippen molar-refractivity contribution in [3.63, 3.8) is 0 Å². The third kappa shape index (κ3) is 5.42. The summed E-state index contributed by atoms with van der Waals surface area (Å²) in [6, 6.07) is 19.6. The summed E-state index contributed by atoms with van der Waals surface area (Å²) in [5, 5.41) is 3.54. The molecule has 1 N–H and O–H groups in total. The van der Waals surface area contributed by atoms with E-state index in [1.54, 1.807) is 0 Å². The van der Waals surface area contributed by atoms with Gasteiger partial charge >= 0.3 is 5.97 Å². The van der Waals surface area contributed by atoms with Gasteiger partial charge in [0.2, 0.25) is 5.78 Å². The second kappa shape index (κ2) is 10.2. The minimum Gasteiger partial charge on any atom is -0.445 e. The van der Waals surface area contributed by atoms with Gasteiger partial charge in [0.15, 0.2) is 12.0 Å². The highest BCUT2D eigenvalue weighted by Crippen LogP contribution is 2.43. The third-order valence-corrected chi connectivity index (χ3v) is 7.02. The average Bonchev–Trinajstić information content (AvgIpc) is 3.38. The molecule has 0 aliphatic carbocycles. The molecule has 7 heteroatoms. The van der Waals surface area contributed by atoms with Crippen LogP contribution in [0.5, 0.6) is 0 Å². The Labute approximate surface area is 186 Å². The van der Waals surface area contributed by atoms with E-state index < -0.39 is 11.6 Å². The van der Waals surface area contributed by atoms with Crippen molar-refractivity contribution in [3.8, 4) is 0 Å². The van der Waals surface area contributed by atoms with E-state index in [9.17, 15) is 14.4 Å². The van der Waals surface area contributed by atoms with E-state index in [0.717, 1.165) is 11.3 Å². The fraction of sp³-hybridized carbons (Fsp3) is 0.375. The molecule has 2 aromatic carbocycles. The van der Waals surface area contributed by atoms with Gasteiger partial charge in [0.25, 0.3) is 0 Å². The van der Waals surface area contributed by atoms with E-state index in [-0.39, 0.29) is 42.9 Å². The smallest absolute Gasteiger partial charge is 0.307 e. The molecule has 162 valence electrons. The van der Waals surface area contributed by atoms with Gasteiger partial charge in [-0.25, -0.2) is 0 Å². The van der Waals surface area contributed by atoms with E-state index in [1.807, 2.05) is 60.3 Å². The molecule has 2 heterocycles. The molecule has 2 aromatic rings. The lowest BCUT2D eigenvalue weighted by Crippen LogP contribution is -2.38. The molecule has 0 bridgehead atoms. The average molecular weight is 439 g/mol. The number of nitrogens with zero attached hydrogens (tertiary/aromatic N) is 1. The number of ketones is 2. The van der Waals surface area contributed by atoms with Crippen molar-refractivity contribution in [2.24, 2.45) is 0 Å². The van der Waals surface area contributed by atoms with Gasteiger partial charge in [-0.3, -0.25) is 24.6 Å². The molecule has 0 spiro atoms. The summed E-state index contributed by atoms with van der Waals surface area (Å²) in [5.74, 6) is -0.296. The number of fused-ring (bicyclic) bond motifs is 1. The lowest BCUT2D eigenvalue weighted by molar-refractivity contribution is -0.151. The summed E-state index contributed by atoms with van der Waals surface area (Å²) in [6.45, 7) is 0.668. The van der Waals surface area contributed by atoms with E-state index in [0.29, 0.717) is 13.1 Å². The van der Waals surface area contributed by atoms with Gasteiger partial charge in [-0.2, -0.15) is 0 Å². The molecule has 31 heavy (non-hydrogen) atoms. The van der Waals surface area contributed by atoms with Crippen LogP contribution >= 0.6 is 11.8 Å². The summed E-state index contributed by atoms with van der Waals surface area (Å²) in [5.41, 5.74) is 2.07. The Morgan fingerprint density at radius 2 is 1.68 bits per heavy atom. The summed E-state index contributed by atoms with van der Waals surface area (Å²) < 4.78 is 5.65. The predicted octanol–water partition coefficient (Wildman–Crippen LogP) is 3.08. The topological polar surface area (TPSA) is 75.7 Å². The van der Waals surface area contributed by atoms with Crippen LogP contribution in [0.4, 0.5) is 0 Å². The summed E-state index contributed by atoms with van der Waals surface area (Å²) in [4.78, 5) is 38.7. The number of ether oxygens (including phenoxy) is 1. The fourth-order valence-electron chi connectivity index (χ4n) is 3.99. The maximum absolute atomic E-state index is 12.3. The zero-order valence-electron chi connectivity index (χ0n) is 17.2. The molecule has 2 saturated heterocycles. The minimum absolute atomic E-state index is 0.0698. The lowest BCUT2D eigenvalue weighted by Gasteiger charge is -2.23. The molecule has 0 amide bonds. The normalized spacial score (nSPS) is 22.8. The van der Waals surface area contributed by atoms with Crippen LogP contribution in [0.15, 0.2) is 60.7 Å². The first kappa shape index (κ1) is 21.7. The van der Waals surface area contributed by atoms with Crippen LogP contribution in [0.25, 0.3) is 0 Å². The van der Waals surface area contributed by atoms with E-state index in [1.165, 1.54) is 5.56 Å². The number of esters is 1. The fourth-order valence-corrected chi connectivity index (χ4v) is 5.50. The predicted molar refractivity (Wildman–Crippen MR) is 119 cm³/mol. The molecule has 0 radical (unpaired) electrons. The van der Waals surface area contributed by atoms with Crippen LogP contribution in [-0.2, 0) is 25.5 Å². The number of hydrogen-bond acceptors (Lipinski definition) is 7. The molecule has 2 fully saturated rings. The number of carbonyl (C=O) groups excluding carboxylic acids is 3. The maximum atomic E-state index is 12.3. The van der Waals surface area contributed by atoms with Gasteiger partial charge in [-0.15, -0.1) is 11.8 Å². The van der Waals surface area contributed by atoms with Crippen molar-refractivity contribution in [2.75, 3.05) is 12.4 Å². The highest BCUT2D eigenvalue weighted by molar-refractivity contribution is 7.99. The van der Waals surface area contributed by atoms with Crippen LogP contribution in [0, 0.1) is 0 Å². The molecule has 3 unspecified atom stereocenters. The molecule has 0 saturated carbocycles. The highest BCUT2D eigenvalue weighted by Gasteiger charge is 2.45. The number of carbonyl (C=O) groups is 3. The van der Waals surface area contributed by atoms with Gasteiger partial charge in [-0.05, 0) is 17.5 Å². The molecule has 3 atom stereocenters. The van der Waals surface area contributed by atoms with Crippen molar-refractivity contribution >= 4 is 29.3 Å². The summed E-state index contributed by atoms with van der Waals surface area (Å²) in [6.07, 6.45) is 0.281. The van der Waals surface area contributed by atoms with Crippen molar-refractivity contribution in [1.29, 1.82) is 0 Å². The molecule has 2 aliphatic rings. The van der Waals surface area contributed by atoms with E-state index >= 15 is 0 Å². The van der Waals surface area contributed by atoms with E-state index in [4.69, 9.17) is 4.74 Å². The van der Waals surface area contributed by atoms with Gasteiger partial charge in [-0.1, -0.05) is 60.7 Å². The number of nitrogens with one attached hydrogen (secondary N) is 1. The largest absolute Gasteiger partial charge is 0.445 e. The Kier molecular flexibility index (Phi) is 7.17. The number of hydrogen-bond donors (Lipinski definition) is 1. The van der Waals surface area contributed by atoms with Gasteiger partial charge < -0.3 is 4.74 Å². The zero-order valence-corrected chi connectivity index (χ0v) is 18.1. The molecule has 0 aromatic heterocycles. The zero-order chi connectivity index (χ0) is 21.6. The Hall–Kier alpha value is -2.48. The third-order valence-electron chi connectivity index (χ3n) is 5.62. The lowest BCUT2D eigenvalue weighted by atomic mass is 10.0. The first-order chi connectivity index (χ1) is 15.1. The number of thioether (sulfide) groups is 1. The number of rotatable bonds is 9. The van der Waals surface area contributed by atoms with Crippen LogP contribution in [0.2, 0.25) is 0 Å². The Balaban J connectivity index is 1.19. The van der Waals surface area contributed by atoms with E-state index in [2.05, 4.69) is 22.3 Å². The van der Waals surface area contributed by atoms with Crippen molar-refractivity contribution in [1.82, 2.24) is 10.2 Å². The standard InChI is InChI=1S/C24H26N2O4S/c27-20(21(28)14-17-8-3-1-4-9-17)12-7-13-22(29)30-23-19-15-31-24(26(19)16-25-23)18-10-5-2-6-11-18/h1-6,8-11,19,23-25H,7,12-16H2. The first-order valence-corrected chi connectivity index (χ1v) is 11.6. The molecule has 4 rings (SSSR count). The second-order valence-electron chi connectivity index (χ2n) is 7.81. The van der Waals surface area contributed by atoms with Crippen molar-refractivity contribution < 1.29 is 19.1 Å². The Bertz CT molecular complexity index is 922. The summed E-state index contributed by atoms with van der Waals surface area (Å²) >= 11 is 1.86. The van der Waals surface area contributed by atoms with Crippen LogP contribution in [-0.4, -0.2) is 47.1 Å². The first-order valence-electron chi connectivity index (χ1n) is 10.6. The number of benzene rings is 2. The molecular weight excluding hydrogens is 412 g/mol. The SMILES string of the molecule is O=C(CCCC(=O)C(=O)Cc1ccccc1)OC1NCN2C(c3ccccc3)SCC12. The Morgan fingerprint density at radius 3 is 2.42 bits per heavy atom. The Morgan fingerprint density at radius 1 is 0.968 bits per heavy atom. The maximum Gasteiger partial charge on any atom is 0.307 e. The van der Waals surface area contributed by atoms with Crippen molar-refractivity contribution in [2.45, 2.75) is 43.3 Å². The highest BCUT2D eigenvalue weighted by atomic mass is 32.2. The minimum atomic E-state index is -0.431. The molecule has 6 nitrogen and oxygen atoms in total. The number of Topliss-reactive ketones (excluding diaryl/α,β-unsaturated/α-hetero) is 2. The monoisotopic (exact) mass is 438 g/mol. The molecular formula is C24H26N2O4S. The second-order valence-corrected chi connectivity index (χ2v) is 8.93. The van der Waals surface area contributed by atoms with Gasteiger partial charge in [0.05, 0.1) is 18.1 Å².